The Bertz CT molecular complexity index is 1160. The summed E-state index contributed by atoms with van der Waals surface area (Å²) in [5.41, 5.74) is 1.11. The normalized spacial score (nSPS) is 11.1. The molecule has 0 atom stereocenters. The van der Waals surface area contributed by atoms with Crippen molar-refractivity contribution in [3.8, 4) is 0 Å². The smallest absolute Gasteiger partial charge is 0.265 e. The zero-order valence-corrected chi connectivity index (χ0v) is 15.5. The third-order valence-corrected chi connectivity index (χ3v) is 5.43. The molecular weight excluding hydrogens is 387 g/mol. The van der Waals surface area contributed by atoms with Crippen molar-refractivity contribution in [1.29, 1.82) is 0 Å². The van der Waals surface area contributed by atoms with E-state index in [0.29, 0.717) is 11.4 Å². The first-order valence-electron chi connectivity index (χ1n) is 8.39. The van der Waals surface area contributed by atoms with Crippen molar-refractivity contribution in [2.45, 2.75) is 13.5 Å². The Morgan fingerprint density at radius 1 is 1.11 bits per heavy atom. The first kappa shape index (κ1) is 18.2. The number of hydrogen-bond donors (Lipinski definition) is 1. The number of aryl methyl sites for hydroxylation is 1. The SMILES string of the molecule is Cc1nn(Cc2ccc(F)cc2)c2sc(C(=O)Nc3c(F)cccc3F)cc12. The predicted molar refractivity (Wildman–Crippen MR) is 102 cm³/mol. The number of anilines is 1. The van der Waals surface area contributed by atoms with E-state index in [1.807, 2.05) is 6.92 Å². The van der Waals surface area contributed by atoms with Gasteiger partial charge < -0.3 is 5.32 Å². The van der Waals surface area contributed by atoms with Crippen LogP contribution >= 0.6 is 11.3 Å². The molecule has 4 nitrogen and oxygen atoms in total. The molecule has 4 rings (SSSR count). The minimum absolute atomic E-state index is 0.311. The molecule has 0 unspecified atom stereocenters. The fraction of sp³-hybridized carbons (Fsp3) is 0.100. The number of nitrogens with one attached hydrogen (secondary N) is 1. The Hall–Kier alpha value is -3.13. The van der Waals surface area contributed by atoms with E-state index in [2.05, 4.69) is 10.4 Å². The fourth-order valence-electron chi connectivity index (χ4n) is 2.89. The van der Waals surface area contributed by atoms with Crippen LogP contribution in [-0.4, -0.2) is 15.7 Å². The summed E-state index contributed by atoms with van der Waals surface area (Å²) in [5, 5.41) is 7.54. The highest BCUT2D eigenvalue weighted by Gasteiger charge is 2.19. The lowest BCUT2D eigenvalue weighted by atomic mass is 10.2. The number of benzene rings is 2. The molecule has 142 valence electrons. The molecule has 0 radical (unpaired) electrons. The molecule has 2 aromatic carbocycles. The monoisotopic (exact) mass is 401 g/mol. The summed E-state index contributed by atoms with van der Waals surface area (Å²) in [5.74, 6) is -2.60. The van der Waals surface area contributed by atoms with Gasteiger partial charge in [-0.25, -0.2) is 13.2 Å². The van der Waals surface area contributed by atoms with Gasteiger partial charge in [-0.2, -0.15) is 5.10 Å². The molecule has 28 heavy (non-hydrogen) atoms. The van der Waals surface area contributed by atoms with Crippen LogP contribution in [-0.2, 0) is 6.54 Å². The third kappa shape index (κ3) is 3.38. The quantitative estimate of drug-likeness (QED) is 0.516. The van der Waals surface area contributed by atoms with E-state index >= 15 is 0 Å². The third-order valence-electron chi connectivity index (χ3n) is 4.28. The van der Waals surface area contributed by atoms with Gasteiger partial charge in [0.1, 0.15) is 28.0 Å². The first-order chi connectivity index (χ1) is 13.4. The van der Waals surface area contributed by atoms with Crippen LogP contribution in [0, 0.1) is 24.4 Å². The number of thiophene rings is 1. The summed E-state index contributed by atoms with van der Waals surface area (Å²) in [6, 6.07) is 11.1. The molecule has 0 saturated carbocycles. The van der Waals surface area contributed by atoms with E-state index < -0.39 is 23.2 Å². The number of aromatic nitrogens is 2. The number of para-hydroxylation sites is 1. The molecule has 0 spiro atoms. The van der Waals surface area contributed by atoms with Gasteiger partial charge in [0.15, 0.2) is 0 Å². The second-order valence-electron chi connectivity index (χ2n) is 6.25. The van der Waals surface area contributed by atoms with E-state index in [-0.39, 0.29) is 5.82 Å². The summed E-state index contributed by atoms with van der Waals surface area (Å²) < 4.78 is 42.4. The van der Waals surface area contributed by atoms with Crippen molar-refractivity contribution in [2.75, 3.05) is 5.32 Å². The van der Waals surface area contributed by atoms with Crippen molar-refractivity contribution in [3.63, 3.8) is 0 Å². The number of hydrogen-bond acceptors (Lipinski definition) is 3. The van der Waals surface area contributed by atoms with Crippen LogP contribution in [0.5, 0.6) is 0 Å². The van der Waals surface area contributed by atoms with Gasteiger partial charge in [0, 0.05) is 5.39 Å². The molecule has 8 heteroatoms. The molecular formula is C20H14F3N3OS. The lowest BCUT2D eigenvalue weighted by Gasteiger charge is -2.06. The molecule has 0 bridgehead atoms. The van der Waals surface area contributed by atoms with Gasteiger partial charge >= 0.3 is 0 Å². The summed E-state index contributed by atoms with van der Waals surface area (Å²) in [4.78, 5) is 13.6. The lowest BCUT2D eigenvalue weighted by molar-refractivity contribution is 0.102. The van der Waals surface area contributed by atoms with Crippen LogP contribution in [0.15, 0.2) is 48.5 Å². The van der Waals surface area contributed by atoms with Crippen molar-refractivity contribution < 1.29 is 18.0 Å². The van der Waals surface area contributed by atoms with E-state index in [1.165, 1.54) is 29.5 Å². The minimum Gasteiger partial charge on any atom is -0.316 e. The van der Waals surface area contributed by atoms with E-state index in [1.54, 1.807) is 22.9 Å². The molecule has 0 aliphatic heterocycles. The summed E-state index contributed by atoms with van der Waals surface area (Å²) in [7, 11) is 0. The Labute approximate surface area is 162 Å². The predicted octanol–water partition coefficient (Wildman–Crippen LogP) is 5.12. The second kappa shape index (κ2) is 7.12. The average Bonchev–Trinajstić information content (AvgIpc) is 3.22. The second-order valence-corrected chi connectivity index (χ2v) is 7.28. The van der Waals surface area contributed by atoms with Gasteiger partial charge in [0.25, 0.3) is 5.91 Å². The number of nitrogens with zero attached hydrogens (tertiary/aromatic N) is 2. The van der Waals surface area contributed by atoms with Crippen molar-refractivity contribution >= 4 is 33.1 Å². The highest BCUT2D eigenvalue weighted by Crippen LogP contribution is 2.30. The van der Waals surface area contributed by atoms with Crippen LogP contribution in [0.3, 0.4) is 0 Å². The van der Waals surface area contributed by atoms with Gasteiger partial charge in [-0.05, 0) is 42.8 Å². The molecule has 0 aliphatic carbocycles. The fourth-order valence-corrected chi connectivity index (χ4v) is 3.94. The van der Waals surface area contributed by atoms with E-state index in [9.17, 15) is 18.0 Å². The van der Waals surface area contributed by atoms with Crippen molar-refractivity contribution in [1.82, 2.24) is 9.78 Å². The molecule has 2 aromatic heterocycles. The topological polar surface area (TPSA) is 46.9 Å². The maximum Gasteiger partial charge on any atom is 0.265 e. The Morgan fingerprint density at radius 2 is 1.79 bits per heavy atom. The summed E-state index contributed by atoms with van der Waals surface area (Å²) >= 11 is 1.18. The number of carbonyl (C=O) groups excluding carboxylic acids is 1. The van der Waals surface area contributed by atoms with Gasteiger partial charge in [-0.1, -0.05) is 18.2 Å². The number of rotatable bonds is 4. The number of halogens is 3. The summed E-state index contributed by atoms with van der Waals surface area (Å²) in [6.45, 7) is 2.22. The zero-order valence-electron chi connectivity index (χ0n) is 14.7. The number of amides is 1. The number of carbonyl (C=O) groups is 1. The lowest BCUT2D eigenvalue weighted by Crippen LogP contribution is -2.13. The largest absolute Gasteiger partial charge is 0.316 e. The molecule has 4 aromatic rings. The standard InChI is InChI=1S/C20H14F3N3OS/c1-11-14-9-17(19(27)24-18-15(22)3-2-4-16(18)23)28-20(14)26(25-11)10-12-5-7-13(21)8-6-12/h2-9H,10H2,1H3,(H,24,27). The highest BCUT2D eigenvalue weighted by molar-refractivity contribution is 7.20. The van der Waals surface area contributed by atoms with Gasteiger partial charge in [-0.3, -0.25) is 9.48 Å². The molecule has 0 fully saturated rings. The van der Waals surface area contributed by atoms with Gasteiger partial charge in [0.2, 0.25) is 0 Å². The van der Waals surface area contributed by atoms with Gasteiger partial charge in [-0.15, -0.1) is 11.3 Å². The zero-order chi connectivity index (χ0) is 19.8. The minimum atomic E-state index is -0.840. The van der Waals surface area contributed by atoms with Crippen LogP contribution in [0.1, 0.15) is 20.9 Å². The highest BCUT2D eigenvalue weighted by atomic mass is 32.1. The molecule has 1 amide bonds. The van der Waals surface area contributed by atoms with Crippen molar-refractivity contribution in [2.24, 2.45) is 0 Å². The van der Waals surface area contributed by atoms with Gasteiger partial charge in [0.05, 0.1) is 17.1 Å². The summed E-state index contributed by atoms with van der Waals surface area (Å²) in [6.07, 6.45) is 0. The van der Waals surface area contributed by atoms with Crippen LogP contribution < -0.4 is 5.32 Å². The molecule has 0 aliphatic rings. The number of fused-ring (bicyclic) bond motifs is 1. The van der Waals surface area contributed by atoms with Crippen LogP contribution in [0.4, 0.5) is 18.9 Å². The Kier molecular flexibility index (Phi) is 4.64. The van der Waals surface area contributed by atoms with E-state index in [4.69, 9.17) is 0 Å². The Morgan fingerprint density at radius 3 is 2.46 bits per heavy atom. The average molecular weight is 401 g/mol. The molecule has 1 N–H and O–H groups in total. The maximum absolute atomic E-state index is 13.8. The van der Waals surface area contributed by atoms with Crippen LogP contribution in [0.25, 0.3) is 10.2 Å². The van der Waals surface area contributed by atoms with Crippen molar-refractivity contribution in [3.05, 3.63) is 82.1 Å². The first-order valence-corrected chi connectivity index (χ1v) is 9.21. The molecule has 0 saturated heterocycles. The van der Waals surface area contributed by atoms with E-state index in [0.717, 1.165) is 33.6 Å². The maximum atomic E-state index is 13.8. The van der Waals surface area contributed by atoms with Crippen LogP contribution in [0.2, 0.25) is 0 Å². The Balaban J connectivity index is 1.64. The molecule has 2 heterocycles.